The summed E-state index contributed by atoms with van der Waals surface area (Å²) in [5.74, 6) is 1.88. The van der Waals surface area contributed by atoms with Crippen molar-refractivity contribution in [3.8, 4) is 34.1 Å². The van der Waals surface area contributed by atoms with Crippen LogP contribution in [0.4, 0.5) is 5.69 Å². The number of methoxy groups -OCH3 is 1. The van der Waals surface area contributed by atoms with Gasteiger partial charge in [0.1, 0.15) is 17.9 Å². The summed E-state index contributed by atoms with van der Waals surface area (Å²) in [5.41, 5.74) is 11.8. The summed E-state index contributed by atoms with van der Waals surface area (Å²) in [6.45, 7) is 0.476. The molecule has 0 fully saturated rings. The summed E-state index contributed by atoms with van der Waals surface area (Å²) in [6, 6.07) is 17.3. The fourth-order valence-electron chi connectivity index (χ4n) is 3.20. The average molecular weight is 360 g/mol. The van der Waals surface area contributed by atoms with E-state index in [0.29, 0.717) is 29.5 Å². The van der Waals surface area contributed by atoms with Gasteiger partial charge in [-0.3, -0.25) is 0 Å². The molecule has 3 aromatic carbocycles. The molecule has 0 saturated carbocycles. The van der Waals surface area contributed by atoms with E-state index in [-0.39, 0.29) is 0 Å². The molecule has 1 aliphatic heterocycles. The second-order valence-electron chi connectivity index (χ2n) is 6.33. The van der Waals surface area contributed by atoms with Crippen molar-refractivity contribution in [2.75, 3.05) is 12.8 Å². The number of rotatable bonds is 3. The summed E-state index contributed by atoms with van der Waals surface area (Å²) in [4.78, 5) is 14.8. The first kappa shape index (κ1) is 15.7. The van der Waals surface area contributed by atoms with Gasteiger partial charge >= 0.3 is 0 Å². The summed E-state index contributed by atoms with van der Waals surface area (Å²) in [6.07, 6.45) is 0. The van der Waals surface area contributed by atoms with Crippen LogP contribution in [0.5, 0.6) is 11.5 Å². The Morgan fingerprint density at radius 1 is 1.00 bits per heavy atom. The van der Waals surface area contributed by atoms with Crippen molar-refractivity contribution in [3.05, 3.63) is 60.2 Å². The van der Waals surface area contributed by atoms with Gasteiger partial charge in [-0.1, -0.05) is 18.2 Å². The van der Waals surface area contributed by atoms with Crippen LogP contribution in [-0.2, 0) is 11.5 Å². The van der Waals surface area contributed by atoms with Crippen molar-refractivity contribution in [1.29, 1.82) is 0 Å². The number of fused-ring (bicyclic) bond motifs is 2. The summed E-state index contributed by atoms with van der Waals surface area (Å²) >= 11 is 0. The predicted octanol–water partition coefficient (Wildman–Crippen LogP) is 4.58. The van der Waals surface area contributed by atoms with Crippen LogP contribution in [0.2, 0.25) is 0 Å². The first-order valence-corrected chi connectivity index (χ1v) is 8.48. The quantitative estimate of drug-likeness (QED) is 0.426. The highest BCUT2D eigenvalue weighted by molar-refractivity contribution is 5.83. The van der Waals surface area contributed by atoms with Crippen LogP contribution >= 0.6 is 0 Å². The molecule has 0 saturated heterocycles. The molecule has 0 amide bonds. The van der Waals surface area contributed by atoms with Crippen LogP contribution in [0.1, 0.15) is 5.56 Å². The smallest absolute Gasteiger partial charge is 0.231 e. The largest absolute Gasteiger partial charge is 0.496 e. The first-order valence-electron chi connectivity index (χ1n) is 8.48. The molecule has 4 aromatic rings. The number of anilines is 1. The Morgan fingerprint density at radius 2 is 1.85 bits per heavy atom. The fraction of sp³-hybridized carbons (Fsp3) is 0.0952. The van der Waals surface area contributed by atoms with E-state index in [1.165, 1.54) is 0 Å². The summed E-state index contributed by atoms with van der Waals surface area (Å²) in [7, 11) is 1.61. The van der Waals surface area contributed by atoms with E-state index in [4.69, 9.17) is 24.7 Å². The van der Waals surface area contributed by atoms with Crippen LogP contribution in [0.15, 0.2) is 59.0 Å². The van der Waals surface area contributed by atoms with Crippen LogP contribution in [0, 0.1) is 0 Å². The molecule has 0 unspecified atom stereocenters. The summed E-state index contributed by atoms with van der Waals surface area (Å²) < 4.78 is 11.3. The molecule has 134 valence electrons. The monoisotopic (exact) mass is 360 g/mol. The van der Waals surface area contributed by atoms with Gasteiger partial charge in [-0.25, -0.2) is 4.98 Å². The molecule has 1 aliphatic rings. The van der Waals surface area contributed by atoms with E-state index >= 15 is 0 Å². The third-order valence-corrected chi connectivity index (χ3v) is 4.61. The van der Waals surface area contributed by atoms with E-state index in [2.05, 4.69) is 4.98 Å². The minimum absolute atomic E-state index is 0.469. The maximum atomic E-state index is 5.93. The standard InChI is InChI=1S/C21H16N2O4/c1-24-18-7-5-15(22)10-16(18)21-23-17-8-12(4-6-19(17)26-21)13-2-3-14-11-25-27-20(14)9-13/h2-10H,11,22H2,1H3. The second-order valence-corrected chi connectivity index (χ2v) is 6.33. The van der Waals surface area contributed by atoms with E-state index in [1.807, 2.05) is 36.4 Å². The highest BCUT2D eigenvalue weighted by Gasteiger charge is 2.16. The van der Waals surface area contributed by atoms with Gasteiger partial charge in [0.15, 0.2) is 11.3 Å². The third kappa shape index (κ3) is 2.67. The van der Waals surface area contributed by atoms with Gasteiger partial charge in [0.2, 0.25) is 5.89 Å². The zero-order valence-corrected chi connectivity index (χ0v) is 14.6. The lowest BCUT2D eigenvalue weighted by atomic mass is 10.0. The molecule has 27 heavy (non-hydrogen) atoms. The van der Waals surface area contributed by atoms with Crippen molar-refractivity contribution in [3.63, 3.8) is 0 Å². The van der Waals surface area contributed by atoms with Crippen molar-refractivity contribution < 1.29 is 18.9 Å². The fourth-order valence-corrected chi connectivity index (χ4v) is 3.20. The van der Waals surface area contributed by atoms with Crippen molar-refractivity contribution >= 4 is 16.8 Å². The lowest BCUT2D eigenvalue weighted by molar-refractivity contribution is -0.194. The molecule has 1 aromatic heterocycles. The average Bonchev–Trinajstić information content (AvgIpc) is 3.33. The first-order chi connectivity index (χ1) is 13.2. The Bertz CT molecular complexity index is 1170. The number of nitrogens with zero attached hydrogens (tertiary/aromatic N) is 1. The zero-order chi connectivity index (χ0) is 18.4. The molecule has 2 N–H and O–H groups in total. The van der Waals surface area contributed by atoms with Gasteiger partial charge < -0.3 is 19.8 Å². The molecule has 5 rings (SSSR count). The molecule has 6 heteroatoms. The Hall–Kier alpha value is -3.51. The SMILES string of the molecule is COc1ccc(N)cc1-c1nc2cc(-c3ccc4c(c3)OOC4)ccc2o1. The number of oxazole rings is 1. The van der Waals surface area contributed by atoms with Crippen molar-refractivity contribution in [2.24, 2.45) is 0 Å². The Kier molecular flexibility index (Phi) is 3.51. The van der Waals surface area contributed by atoms with Gasteiger partial charge in [0.25, 0.3) is 0 Å². The van der Waals surface area contributed by atoms with Gasteiger partial charge in [0, 0.05) is 11.3 Å². The number of benzene rings is 3. The lowest BCUT2D eigenvalue weighted by Crippen LogP contribution is -1.91. The normalized spacial score (nSPS) is 12.8. The molecular formula is C21H16N2O4. The number of nitrogen functional groups attached to an aromatic ring is 1. The topological polar surface area (TPSA) is 79.7 Å². The van der Waals surface area contributed by atoms with Gasteiger partial charge in [-0.15, -0.1) is 0 Å². The van der Waals surface area contributed by atoms with Crippen LogP contribution in [0.3, 0.4) is 0 Å². The number of hydrogen-bond acceptors (Lipinski definition) is 6. The van der Waals surface area contributed by atoms with Crippen LogP contribution in [-0.4, -0.2) is 12.1 Å². The maximum Gasteiger partial charge on any atom is 0.231 e. The highest BCUT2D eigenvalue weighted by atomic mass is 17.2. The Morgan fingerprint density at radius 3 is 2.74 bits per heavy atom. The van der Waals surface area contributed by atoms with Gasteiger partial charge in [-0.05, 0) is 47.5 Å². The van der Waals surface area contributed by atoms with Crippen LogP contribution in [0.25, 0.3) is 33.7 Å². The molecule has 2 heterocycles. The molecular weight excluding hydrogens is 344 g/mol. The van der Waals surface area contributed by atoms with E-state index < -0.39 is 0 Å². The Labute approximate surface area is 155 Å². The van der Waals surface area contributed by atoms with E-state index in [0.717, 1.165) is 33.5 Å². The minimum atomic E-state index is 0.469. The second kappa shape index (κ2) is 6.03. The van der Waals surface area contributed by atoms with Crippen LogP contribution < -0.4 is 15.4 Å². The molecule has 6 nitrogen and oxygen atoms in total. The minimum Gasteiger partial charge on any atom is -0.496 e. The zero-order valence-electron chi connectivity index (χ0n) is 14.6. The third-order valence-electron chi connectivity index (χ3n) is 4.61. The van der Waals surface area contributed by atoms with E-state index in [9.17, 15) is 0 Å². The van der Waals surface area contributed by atoms with Crippen molar-refractivity contribution in [2.45, 2.75) is 6.61 Å². The highest BCUT2D eigenvalue weighted by Crippen LogP contribution is 2.36. The lowest BCUT2D eigenvalue weighted by Gasteiger charge is -2.05. The predicted molar refractivity (Wildman–Crippen MR) is 101 cm³/mol. The number of aromatic nitrogens is 1. The summed E-state index contributed by atoms with van der Waals surface area (Å²) in [5, 5.41) is 0. The molecule has 0 spiro atoms. The molecule has 0 aliphatic carbocycles. The molecule has 0 bridgehead atoms. The van der Waals surface area contributed by atoms with Gasteiger partial charge in [-0.2, -0.15) is 4.89 Å². The molecule has 0 atom stereocenters. The van der Waals surface area contributed by atoms with E-state index in [1.54, 1.807) is 25.3 Å². The van der Waals surface area contributed by atoms with Gasteiger partial charge in [0.05, 0.1) is 12.7 Å². The van der Waals surface area contributed by atoms with Crippen molar-refractivity contribution in [1.82, 2.24) is 4.98 Å². The molecule has 0 radical (unpaired) electrons. The maximum absolute atomic E-state index is 5.93. The number of nitrogens with two attached hydrogens (primary N) is 1. The Balaban J connectivity index is 1.59. The number of hydrogen-bond donors (Lipinski definition) is 1. The number of ether oxygens (including phenoxy) is 1.